The topological polar surface area (TPSA) is 120 Å². The van der Waals surface area contributed by atoms with Crippen LogP contribution in [0.2, 0.25) is 0 Å². The van der Waals surface area contributed by atoms with Crippen molar-refractivity contribution in [2.45, 2.75) is 38.0 Å². The van der Waals surface area contributed by atoms with Crippen LogP contribution in [0, 0.1) is 16.0 Å². The number of fused-ring (bicyclic) bond motifs is 3. The molecule has 0 saturated carbocycles. The fraction of sp³-hybridized carbons (Fsp3) is 0.318. The number of sulfonamides is 1. The van der Waals surface area contributed by atoms with Gasteiger partial charge in [-0.1, -0.05) is 6.92 Å². The standard InChI is InChI=1S/C22H22N2O7S/c1-13-4-7-20-17(10-13)18-11-15(5-8-21(18)31-20)23(14(2)25)32(28,29)16-6-9-22(30-3)19(12-16)24(26)27/h5-6,8-9,11-13H,4,7,10H2,1-3H3/t13-/m1/s1. The molecule has 168 valence electrons. The molecule has 0 N–H and O–H groups in total. The Morgan fingerprint density at radius 1 is 1.25 bits per heavy atom. The Bertz CT molecular complexity index is 1340. The highest BCUT2D eigenvalue weighted by Gasteiger charge is 2.32. The van der Waals surface area contributed by atoms with Crippen molar-refractivity contribution in [1.82, 2.24) is 0 Å². The van der Waals surface area contributed by atoms with Gasteiger partial charge in [-0.25, -0.2) is 12.7 Å². The summed E-state index contributed by atoms with van der Waals surface area (Å²) < 4.78 is 38.3. The molecule has 1 aliphatic rings. The third kappa shape index (κ3) is 3.60. The minimum Gasteiger partial charge on any atom is -0.490 e. The van der Waals surface area contributed by atoms with Crippen molar-refractivity contribution < 1.29 is 27.3 Å². The van der Waals surface area contributed by atoms with Gasteiger partial charge in [-0.05, 0) is 49.1 Å². The zero-order valence-electron chi connectivity index (χ0n) is 17.8. The quantitative estimate of drug-likeness (QED) is 0.415. The van der Waals surface area contributed by atoms with E-state index in [-0.39, 0.29) is 16.3 Å². The summed E-state index contributed by atoms with van der Waals surface area (Å²) in [4.78, 5) is 22.7. The van der Waals surface area contributed by atoms with E-state index in [1.54, 1.807) is 12.1 Å². The number of ether oxygens (including phenoxy) is 1. The number of benzene rings is 2. The number of amides is 1. The minimum absolute atomic E-state index is 0.0797. The normalized spacial score (nSPS) is 15.9. The first-order valence-corrected chi connectivity index (χ1v) is 11.5. The van der Waals surface area contributed by atoms with Crippen LogP contribution in [0.15, 0.2) is 45.7 Å². The number of nitro groups is 1. The Labute approximate surface area is 184 Å². The van der Waals surface area contributed by atoms with Gasteiger partial charge in [0.05, 0.1) is 22.6 Å². The van der Waals surface area contributed by atoms with Crippen LogP contribution >= 0.6 is 0 Å². The molecule has 1 atom stereocenters. The monoisotopic (exact) mass is 458 g/mol. The van der Waals surface area contributed by atoms with E-state index in [1.165, 1.54) is 25.3 Å². The molecule has 2 aromatic carbocycles. The van der Waals surface area contributed by atoms with Crippen molar-refractivity contribution in [2.75, 3.05) is 11.4 Å². The highest BCUT2D eigenvalue weighted by atomic mass is 32.2. The second kappa shape index (κ2) is 7.94. The molecule has 10 heteroatoms. The van der Waals surface area contributed by atoms with Crippen molar-refractivity contribution in [2.24, 2.45) is 5.92 Å². The Morgan fingerprint density at radius 3 is 2.66 bits per heavy atom. The van der Waals surface area contributed by atoms with Gasteiger partial charge in [0, 0.05) is 30.4 Å². The SMILES string of the molecule is COc1ccc(S(=O)(=O)N(C(C)=O)c2ccc3oc4c(c3c2)C[C@H](C)CC4)cc1[N+](=O)[O-]. The third-order valence-corrected chi connectivity index (χ3v) is 7.48. The number of hydrogen-bond acceptors (Lipinski definition) is 7. The number of methoxy groups -OCH3 is 1. The summed E-state index contributed by atoms with van der Waals surface area (Å²) in [5.74, 6) is 0.537. The lowest BCUT2D eigenvalue weighted by Crippen LogP contribution is -2.35. The molecule has 9 nitrogen and oxygen atoms in total. The maximum atomic E-state index is 13.4. The number of anilines is 1. The number of rotatable bonds is 5. The number of carbonyl (C=O) groups is 1. The number of aryl methyl sites for hydroxylation is 1. The molecule has 3 aromatic rings. The molecule has 0 saturated heterocycles. The van der Waals surface area contributed by atoms with Crippen LogP contribution in [0.3, 0.4) is 0 Å². The first-order valence-electron chi connectivity index (χ1n) is 10.1. The van der Waals surface area contributed by atoms with E-state index in [1.807, 2.05) is 0 Å². The lowest BCUT2D eigenvalue weighted by molar-refractivity contribution is -0.386. The van der Waals surface area contributed by atoms with Crippen LogP contribution in [0.5, 0.6) is 5.75 Å². The highest BCUT2D eigenvalue weighted by molar-refractivity contribution is 7.93. The van der Waals surface area contributed by atoms with Crippen molar-refractivity contribution in [3.05, 3.63) is 57.8 Å². The second-order valence-electron chi connectivity index (χ2n) is 7.91. The Hall–Kier alpha value is -3.40. The summed E-state index contributed by atoms with van der Waals surface area (Å²) >= 11 is 0. The summed E-state index contributed by atoms with van der Waals surface area (Å²) in [7, 11) is -3.17. The van der Waals surface area contributed by atoms with Crippen molar-refractivity contribution in [1.29, 1.82) is 0 Å². The summed E-state index contributed by atoms with van der Waals surface area (Å²) in [6, 6.07) is 8.04. The van der Waals surface area contributed by atoms with E-state index in [9.17, 15) is 23.3 Å². The van der Waals surface area contributed by atoms with E-state index in [0.29, 0.717) is 15.8 Å². The number of carbonyl (C=O) groups excluding carboxylic acids is 1. The van der Waals surface area contributed by atoms with E-state index in [0.717, 1.165) is 49.0 Å². The summed E-state index contributed by atoms with van der Waals surface area (Å²) in [5.41, 5.74) is 1.30. The molecule has 0 unspecified atom stereocenters. The van der Waals surface area contributed by atoms with Crippen LogP contribution in [-0.4, -0.2) is 26.4 Å². The van der Waals surface area contributed by atoms with Gasteiger partial charge in [-0.15, -0.1) is 0 Å². The van der Waals surface area contributed by atoms with Crippen molar-refractivity contribution in [3.8, 4) is 5.75 Å². The van der Waals surface area contributed by atoms with Gasteiger partial charge >= 0.3 is 5.69 Å². The minimum atomic E-state index is -4.42. The second-order valence-corrected chi connectivity index (χ2v) is 9.70. The predicted octanol–water partition coefficient (Wildman–Crippen LogP) is 4.22. The van der Waals surface area contributed by atoms with Gasteiger partial charge < -0.3 is 9.15 Å². The molecule has 1 aliphatic carbocycles. The van der Waals surface area contributed by atoms with Gasteiger partial charge in [0.2, 0.25) is 5.91 Å². The zero-order valence-corrected chi connectivity index (χ0v) is 18.6. The van der Waals surface area contributed by atoms with Gasteiger partial charge in [0.1, 0.15) is 11.3 Å². The van der Waals surface area contributed by atoms with Crippen molar-refractivity contribution >= 4 is 38.3 Å². The van der Waals surface area contributed by atoms with E-state index in [4.69, 9.17) is 9.15 Å². The van der Waals surface area contributed by atoms with Crippen LogP contribution < -0.4 is 9.04 Å². The smallest absolute Gasteiger partial charge is 0.312 e. The molecule has 1 amide bonds. The van der Waals surface area contributed by atoms with Gasteiger partial charge in [0.15, 0.2) is 5.75 Å². The van der Waals surface area contributed by atoms with Crippen LogP contribution in [0.4, 0.5) is 11.4 Å². The lowest BCUT2D eigenvalue weighted by atomic mass is 9.88. The first-order chi connectivity index (χ1) is 15.1. The Morgan fingerprint density at radius 2 is 2.00 bits per heavy atom. The maximum absolute atomic E-state index is 13.4. The molecule has 1 aromatic heterocycles. The summed E-state index contributed by atoms with van der Waals surface area (Å²) in [6.45, 7) is 3.28. The molecule has 4 rings (SSSR count). The molecule has 0 aliphatic heterocycles. The Balaban J connectivity index is 1.84. The molecule has 32 heavy (non-hydrogen) atoms. The maximum Gasteiger partial charge on any atom is 0.312 e. The lowest BCUT2D eigenvalue weighted by Gasteiger charge is -2.21. The molecule has 0 bridgehead atoms. The number of furan rings is 1. The third-order valence-electron chi connectivity index (χ3n) is 5.68. The van der Waals surface area contributed by atoms with Gasteiger partial charge in [-0.3, -0.25) is 14.9 Å². The molecular weight excluding hydrogens is 436 g/mol. The van der Waals surface area contributed by atoms with Crippen LogP contribution in [-0.2, 0) is 27.7 Å². The van der Waals surface area contributed by atoms with Crippen LogP contribution in [0.1, 0.15) is 31.6 Å². The average molecular weight is 458 g/mol. The molecule has 0 radical (unpaired) electrons. The zero-order chi connectivity index (χ0) is 23.2. The largest absolute Gasteiger partial charge is 0.490 e. The van der Waals surface area contributed by atoms with Gasteiger partial charge in [0.25, 0.3) is 10.0 Å². The Kier molecular flexibility index (Phi) is 5.41. The van der Waals surface area contributed by atoms with E-state index < -0.39 is 26.5 Å². The average Bonchev–Trinajstić information content (AvgIpc) is 3.10. The number of nitrogens with zero attached hydrogens (tertiary/aromatic N) is 2. The summed E-state index contributed by atoms with van der Waals surface area (Å²) in [6.07, 6.45) is 2.64. The fourth-order valence-electron chi connectivity index (χ4n) is 4.14. The van der Waals surface area contributed by atoms with Gasteiger partial charge in [-0.2, -0.15) is 0 Å². The van der Waals surface area contributed by atoms with E-state index >= 15 is 0 Å². The predicted molar refractivity (Wildman–Crippen MR) is 117 cm³/mol. The number of hydrogen-bond donors (Lipinski definition) is 0. The number of nitro benzene ring substituents is 1. The van der Waals surface area contributed by atoms with E-state index in [2.05, 4.69) is 6.92 Å². The molecule has 0 spiro atoms. The first kappa shape index (κ1) is 21.8. The fourth-order valence-corrected chi connectivity index (χ4v) is 5.58. The molecule has 1 heterocycles. The molecular formula is C22H22N2O7S. The molecule has 0 fully saturated rings. The van der Waals surface area contributed by atoms with Crippen LogP contribution in [0.25, 0.3) is 11.0 Å². The highest BCUT2D eigenvalue weighted by Crippen LogP contribution is 2.37. The van der Waals surface area contributed by atoms with Crippen molar-refractivity contribution in [3.63, 3.8) is 0 Å². The summed E-state index contributed by atoms with van der Waals surface area (Å²) in [5, 5.41) is 12.1.